The zero-order chi connectivity index (χ0) is 15.6. The first-order valence-electron chi connectivity index (χ1n) is 6.91. The quantitative estimate of drug-likeness (QED) is 0.560. The van der Waals surface area contributed by atoms with Crippen LogP contribution >= 0.6 is 0 Å². The summed E-state index contributed by atoms with van der Waals surface area (Å²) in [6.07, 6.45) is 0.686. The molecule has 0 heterocycles. The van der Waals surface area contributed by atoms with Crippen molar-refractivity contribution in [2.75, 3.05) is 33.5 Å². The number of carbonyl (C=O) groups is 2. The average molecular weight is 289 g/mol. The van der Waals surface area contributed by atoms with Gasteiger partial charge in [0.2, 0.25) is 5.91 Å². The highest BCUT2D eigenvalue weighted by Gasteiger charge is 2.38. The van der Waals surface area contributed by atoms with E-state index in [1.807, 2.05) is 13.8 Å². The van der Waals surface area contributed by atoms with Gasteiger partial charge in [0.25, 0.3) is 0 Å². The minimum Gasteiger partial charge on any atom is -0.481 e. The SMILES string of the molecule is COCCOCCCNC(=O)CC(C)(C(=O)O)C(C)C. The topological polar surface area (TPSA) is 84.9 Å². The van der Waals surface area contributed by atoms with Crippen molar-refractivity contribution in [3.8, 4) is 0 Å². The number of aliphatic carboxylic acids is 1. The molecule has 6 heteroatoms. The van der Waals surface area contributed by atoms with Gasteiger partial charge < -0.3 is 19.9 Å². The number of methoxy groups -OCH3 is 1. The zero-order valence-corrected chi connectivity index (χ0v) is 12.9. The Morgan fingerprint density at radius 2 is 1.90 bits per heavy atom. The summed E-state index contributed by atoms with van der Waals surface area (Å²) in [6, 6.07) is 0. The molecule has 0 bridgehead atoms. The Balaban J connectivity index is 3.90. The van der Waals surface area contributed by atoms with Crippen LogP contribution in [0.5, 0.6) is 0 Å². The van der Waals surface area contributed by atoms with Gasteiger partial charge in [0, 0.05) is 26.7 Å². The monoisotopic (exact) mass is 289 g/mol. The van der Waals surface area contributed by atoms with E-state index in [1.165, 1.54) is 0 Å². The highest BCUT2D eigenvalue weighted by molar-refractivity contribution is 5.84. The fraction of sp³-hybridized carbons (Fsp3) is 0.857. The van der Waals surface area contributed by atoms with Crippen molar-refractivity contribution in [2.45, 2.75) is 33.6 Å². The van der Waals surface area contributed by atoms with Crippen LogP contribution in [0.4, 0.5) is 0 Å². The van der Waals surface area contributed by atoms with Crippen molar-refractivity contribution in [1.29, 1.82) is 0 Å². The van der Waals surface area contributed by atoms with Gasteiger partial charge in [0.1, 0.15) is 0 Å². The number of carbonyl (C=O) groups excluding carboxylic acids is 1. The predicted octanol–water partition coefficient (Wildman–Crippen LogP) is 1.29. The number of rotatable bonds is 11. The Kier molecular flexibility index (Phi) is 9.16. The van der Waals surface area contributed by atoms with E-state index in [0.717, 1.165) is 0 Å². The second-order valence-corrected chi connectivity index (χ2v) is 5.36. The number of hydrogen-bond donors (Lipinski definition) is 2. The number of hydrogen-bond acceptors (Lipinski definition) is 4. The lowest BCUT2D eigenvalue weighted by atomic mass is 9.76. The van der Waals surface area contributed by atoms with Gasteiger partial charge in [-0.1, -0.05) is 13.8 Å². The molecule has 118 valence electrons. The number of carboxylic acid groups (broad SMARTS) is 1. The molecule has 0 aliphatic rings. The first-order chi connectivity index (χ1) is 9.34. The summed E-state index contributed by atoms with van der Waals surface area (Å²) in [5.74, 6) is -1.28. The van der Waals surface area contributed by atoms with Gasteiger partial charge >= 0.3 is 5.97 Å². The van der Waals surface area contributed by atoms with Crippen LogP contribution < -0.4 is 5.32 Å². The van der Waals surface area contributed by atoms with Crippen molar-refractivity contribution in [3.63, 3.8) is 0 Å². The van der Waals surface area contributed by atoms with E-state index in [1.54, 1.807) is 14.0 Å². The number of amides is 1. The first kappa shape index (κ1) is 18.9. The minimum absolute atomic E-state index is 0.00939. The smallest absolute Gasteiger partial charge is 0.310 e. The second-order valence-electron chi connectivity index (χ2n) is 5.36. The summed E-state index contributed by atoms with van der Waals surface area (Å²) in [7, 11) is 1.61. The van der Waals surface area contributed by atoms with Crippen molar-refractivity contribution >= 4 is 11.9 Å². The molecule has 0 rings (SSSR count). The summed E-state index contributed by atoms with van der Waals surface area (Å²) in [5, 5.41) is 12.0. The summed E-state index contributed by atoms with van der Waals surface area (Å²) in [6.45, 7) is 7.35. The van der Waals surface area contributed by atoms with Crippen LogP contribution in [-0.2, 0) is 19.1 Å². The predicted molar refractivity (Wildman–Crippen MR) is 75.5 cm³/mol. The van der Waals surface area contributed by atoms with Crippen LogP contribution in [0.2, 0.25) is 0 Å². The highest BCUT2D eigenvalue weighted by atomic mass is 16.5. The third-order valence-electron chi connectivity index (χ3n) is 3.51. The van der Waals surface area contributed by atoms with Crippen LogP contribution in [0.1, 0.15) is 33.6 Å². The van der Waals surface area contributed by atoms with Crippen LogP contribution in [0, 0.1) is 11.3 Å². The molecule has 0 aliphatic heterocycles. The molecule has 2 N–H and O–H groups in total. The van der Waals surface area contributed by atoms with E-state index in [0.29, 0.717) is 32.8 Å². The van der Waals surface area contributed by atoms with Crippen LogP contribution in [0.15, 0.2) is 0 Å². The van der Waals surface area contributed by atoms with E-state index in [4.69, 9.17) is 9.47 Å². The van der Waals surface area contributed by atoms with Gasteiger partial charge in [0.05, 0.1) is 18.6 Å². The largest absolute Gasteiger partial charge is 0.481 e. The minimum atomic E-state index is -1.03. The number of ether oxygens (including phenoxy) is 2. The van der Waals surface area contributed by atoms with Crippen molar-refractivity contribution < 1.29 is 24.2 Å². The fourth-order valence-electron chi connectivity index (χ4n) is 1.57. The van der Waals surface area contributed by atoms with Crippen molar-refractivity contribution in [1.82, 2.24) is 5.32 Å². The molecular weight excluding hydrogens is 262 g/mol. The fourth-order valence-corrected chi connectivity index (χ4v) is 1.57. The summed E-state index contributed by atoms with van der Waals surface area (Å²) >= 11 is 0. The lowest BCUT2D eigenvalue weighted by Gasteiger charge is -2.28. The number of carboxylic acids is 1. The third-order valence-corrected chi connectivity index (χ3v) is 3.51. The summed E-state index contributed by atoms with van der Waals surface area (Å²) < 4.78 is 10.1. The van der Waals surface area contributed by atoms with E-state index in [2.05, 4.69) is 5.32 Å². The first-order valence-corrected chi connectivity index (χ1v) is 6.91. The van der Waals surface area contributed by atoms with Gasteiger partial charge in [-0.25, -0.2) is 0 Å². The van der Waals surface area contributed by atoms with Crippen molar-refractivity contribution in [2.24, 2.45) is 11.3 Å². The molecule has 0 radical (unpaired) electrons. The molecule has 0 aromatic rings. The lowest BCUT2D eigenvalue weighted by molar-refractivity contribution is -0.153. The normalized spacial score (nSPS) is 14.1. The van der Waals surface area contributed by atoms with Gasteiger partial charge in [-0.15, -0.1) is 0 Å². The van der Waals surface area contributed by atoms with Gasteiger partial charge in [-0.05, 0) is 19.3 Å². The van der Waals surface area contributed by atoms with Crippen LogP contribution in [-0.4, -0.2) is 50.5 Å². The Labute approximate surface area is 120 Å². The Hall–Kier alpha value is -1.14. The van der Waals surface area contributed by atoms with Crippen LogP contribution in [0.25, 0.3) is 0 Å². The molecule has 0 aromatic heterocycles. The van der Waals surface area contributed by atoms with E-state index >= 15 is 0 Å². The average Bonchev–Trinajstić information content (AvgIpc) is 2.37. The maximum Gasteiger partial charge on any atom is 0.310 e. The Bertz CT molecular complexity index is 306. The molecule has 0 aliphatic carbocycles. The van der Waals surface area contributed by atoms with Gasteiger partial charge in [-0.3, -0.25) is 9.59 Å². The van der Waals surface area contributed by atoms with Gasteiger partial charge in [-0.2, -0.15) is 0 Å². The van der Waals surface area contributed by atoms with Crippen molar-refractivity contribution in [3.05, 3.63) is 0 Å². The Morgan fingerprint density at radius 1 is 1.25 bits per heavy atom. The molecule has 1 atom stereocenters. The summed E-state index contributed by atoms with van der Waals surface area (Å²) in [5.41, 5.74) is -1.03. The van der Waals surface area contributed by atoms with Crippen LogP contribution in [0.3, 0.4) is 0 Å². The molecule has 1 amide bonds. The van der Waals surface area contributed by atoms with E-state index < -0.39 is 11.4 Å². The van der Waals surface area contributed by atoms with Gasteiger partial charge in [0.15, 0.2) is 0 Å². The van der Waals surface area contributed by atoms with E-state index in [-0.39, 0.29) is 18.2 Å². The molecule has 1 unspecified atom stereocenters. The lowest BCUT2D eigenvalue weighted by Crippen LogP contribution is -2.39. The molecular formula is C14H27NO5. The van der Waals surface area contributed by atoms with E-state index in [9.17, 15) is 14.7 Å². The molecule has 6 nitrogen and oxygen atoms in total. The molecule has 20 heavy (non-hydrogen) atoms. The molecule has 0 aromatic carbocycles. The highest BCUT2D eigenvalue weighted by Crippen LogP contribution is 2.31. The maximum absolute atomic E-state index is 11.8. The molecule has 0 fully saturated rings. The number of nitrogens with one attached hydrogen (secondary N) is 1. The summed E-state index contributed by atoms with van der Waals surface area (Å²) in [4.78, 5) is 23.0. The zero-order valence-electron chi connectivity index (χ0n) is 12.9. The standard InChI is InChI=1S/C14H27NO5/c1-11(2)14(3,13(17)18)10-12(16)15-6-5-7-20-9-8-19-4/h11H,5-10H2,1-4H3,(H,15,16)(H,17,18). The second kappa shape index (κ2) is 9.72. The molecule has 0 saturated carbocycles. The Morgan fingerprint density at radius 3 is 2.40 bits per heavy atom. The maximum atomic E-state index is 11.8. The molecule has 0 saturated heterocycles. The third kappa shape index (κ3) is 6.86. The molecule has 0 spiro atoms.